The van der Waals surface area contributed by atoms with E-state index in [0.29, 0.717) is 6.54 Å². The molecule has 0 saturated heterocycles. The standard InChI is InChI=1S/C12H16N2O/c1-2-3-7-10-13-12(15)14-11-8-5-4-6-9-11/h5-6,8-9H,1-3,7,10H2,(H2,13,14,15). The lowest BCUT2D eigenvalue weighted by Gasteiger charge is -2.06. The third kappa shape index (κ3) is 5.05. The lowest BCUT2D eigenvalue weighted by molar-refractivity contribution is 0.252. The number of rotatable bonds is 5. The largest absolute Gasteiger partial charge is 0.338 e. The minimum atomic E-state index is -0.162. The van der Waals surface area contributed by atoms with Gasteiger partial charge in [0.2, 0.25) is 0 Å². The van der Waals surface area contributed by atoms with E-state index < -0.39 is 0 Å². The summed E-state index contributed by atoms with van der Waals surface area (Å²) in [5.74, 6) is 0. The van der Waals surface area contributed by atoms with Crippen LogP contribution >= 0.6 is 0 Å². The van der Waals surface area contributed by atoms with E-state index in [2.05, 4.69) is 23.6 Å². The summed E-state index contributed by atoms with van der Waals surface area (Å²) in [6.07, 6.45) is 2.93. The molecule has 0 bridgehead atoms. The zero-order chi connectivity index (χ0) is 10.9. The molecule has 2 radical (unpaired) electrons. The highest BCUT2D eigenvalue weighted by Gasteiger charge is 1.98. The molecule has 0 atom stereocenters. The van der Waals surface area contributed by atoms with E-state index >= 15 is 0 Å². The molecule has 0 aliphatic rings. The number of amides is 2. The van der Waals surface area contributed by atoms with Gasteiger partial charge in [0, 0.05) is 12.2 Å². The average molecular weight is 204 g/mol. The van der Waals surface area contributed by atoms with Gasteiger partial charge < -0.3 is 10.6 Å². The maximum absolute atomic E-state index is 11.3. The number of urea groups is 1. The third-order valence-electron chi connectivity index (χ3n) is 1.94. The Kier molecular flexibility index (Phi) is 5.30. The van der Waals surface area contributed by atoms with Gasteiger partial charge in [-0.05, 0) is 24.6 Å². The second kappa shape index (κ2) is 6.87. The van der Waals surface area contributed by atoms with E-state index in [9.17, 15) is 4.79 Å². The molecule has 0 spiro atoms. The van der Waals surface area contributed by atoms with Crippen molar-refractivity contribution in [3.63, 3.8) is 0 Å². The van der Waals surface area contributed by atoms with Gasteiger partial charge in [0.15, 0.2) is 0 Å². The van der Waals surface area contributed by atoms with Gasteiger partial charge in [0.25, 0.3) is 0 Å². The second-order valence-corrected chi connectivity index (χ2v) is 3.23. The van der Waals surface area contributed by atoms with Gasteiger partial charge in [-0.15, -0.1) is 0 Å². The molecule has 0 aromatic heterocycles. The Hall–Kier alpha value is -1.51. The van der Waals surface area contributed by atoms with Crippen LogP contribution in [0.3, 0.4) is 0 Å². The number of hydrogen-bond donors (Lipinski definition) is 2. The van der Waals surface area contributed by atoms with E-state index in [-0.39, 0.29) is 6.03 Å². The summed E-state index contributed by atoms with van der Waals surface area (Å²) in [6, 6.07) is 9.85. The number of benzene rings is 1. The van der Waals surface area contributed by atoms with Crippen LogP contribution in [0.25, 0.3) is 0 Å². The Bertz CT molecular complexity index is 285. The lowest BCUT2D eigenvalue weighted by atomic mass is 10.2. The van der Waals surface area contributed by atoms with Crippen molar-refractivity contribution in [3.8, 4) is 0 Å². The molecule has 0 aliphatic heterocycles. The van der Waals surface area contributed by atoms with Crippen molar-refractivity contribution >= 4 is 11.7 Å². The molecule has 0 heterocycles. The predicted molar refractivity (Wildman–Crippen MR) is 61.5 cm³/mol. The van der Waals surface area contributed by atoms with Gasteiger partial charge in [-0.1, -0.05) is 31.9 Å². The van der Waals surface area contributed by atoms with Crippen LogP contribution < -0.4 is 10.6 Å². The van der Waals surface area contributed by atoms with Crippen molar-refractivity contribution in [3.05, 3.63) is 37.3 Å². The van der Waals surface area contributed by atoms with Gasteiger partial charge in [0.1, 0.15) is 0 Å². The fourth-order valence-corrected chi connectivity index (χ4v) is 1.15. The summed E-state index contributed by atoms with van der Waals surface area (Å²) in [4.78, 5) is 11.3. The Balaban J connectivity index is 2.19. The summed E-state index contributed by atoms with van der Waals surface area (Å²) >= 11 is 0. The minimum Gasteiger partial charge on any atom is -0.338 e. The topological polar surface area (TPSA) is 41.1 Å². The first kappa shape index (κ1) is 11.6. The maximum Gasteiger partial charge on any atom is 0.319 e. The third-order valence-corrected chi connectivity index (χ3v) is 1.94. The van der Waals surface area contributed by atoms with Gasteiger partial charge in [-0.25, -0.2) is 4.79 Å². The zero-order valence-corrected chi connectivity index (χ0v) is 8.75. The van der Waals surface area contributed by atoms with Gasteiger partial charge in [-0.3, -0.25) is 0 Å². The Morgan fingerprint density at radius 3 is 2.73 bits per heavy atom. The van der Waals surface area contributed by atoms with Crippen LogP contribution in [-0.2, 0) is 0 Å². The smallest absolute Gasteiger partial charge is 0.319 e. The van der Waals surface area contributed by atoms with Crippen LogP contribution in [0.4, 0.5) is 10.5 Å². The van der Waals surface area contributed by atoms with E-state index in [0.717, 1.165) is 24.9 Å². The Labute approximate surface area is 90.9 Å². The number of carbonyl (C=O) groups excluding carboxylic acids is 1. The van der Waals surface area contributed by atoms with Crippen molar-refractivity contribution in [2.45, 2.75) is 19.3 Å². The first-order chi connectivity index (χ1) is 7.33. The van der Waals surface area contributed by atoms with Crippen LogP contribution in [0.5, 0.6) is 0 Å². The normalized spacial score (nSPS) is 9.67. The molecule has 80 valence electrons. The number of carbonyl (C=O) groups is 1. The Morgan fingerprint density at radius 2 is 2.07 bits per heavy atom. The van der Waals surface area contributed by atoms with Gasteiger partial charge >= 0.3 is 6.03 Å². The summed E-state index contributed by atoms with van der Waals surface area (Å²) in [6.45, 7) is 4.43. The molecule has 3 nitrogen and oxygen atoms in total. The van der Waals surface area contributed by atoms with E-state index in [1.165, 1.54) is 0 Å². The summed E-state index contributed by atoms with van der Waals surface area (Å²) in [5, 5.41) is 5.51. The van der Waals surface area contributed by atoms with Crippen molar-refractivity contribution in [1.29, 1.82) is 0 Å². The maximum atomic E-state index is 11.3. The van der Waals surface area contributed by atoms with E-state index in [4.69, 9.17) is 0 Å². The van der Waals surface area contributed by atoms with Crippen LogP contribution in [0, 0.1) is 13.0 Å². The molecule has 2 N–H and O–H groups in total. The fourth-order valence-electron chi connectivity index (χ4n) is 1.15. The first-order valence-electron chi connectivity index (χ1n) is 5.13. The van der Waals surface area contributed by atoms with Crippen LogP contribution in [0.1, 0.15) is 19.3 Å². The SMILES string of the molecule is [CH2]CCCCNC(=O)Nc1cc[c]cc1. The Morgan fingerprint density at radius 1 is 1.33 bits per heavy atom. The fraction of sp³-hybridized carbons (Fsp3) is 0.333. The number of nitrogens with one attached hydrogen (secondary N) is 2. The van der Waals surface area contributed by atoms with Gasteiger partial charge in [0.05, 0.1) is 0 Å². The minimum absolute atomic E-state index is 0.162. The van der Waals surface area contributed by atoms with E-state index in [1.54, 1.807) is 24.3 Å². The molecule has 2 amide bonds. The molecule has 15 heavy (non-hydrogen) atoms. The molecule has 0 fully saturated rings. The van der Waals surface area contributed by atoms with Crippen molar-refractivity contribution in [1.82, 2.24) is 5.32 Å². The second-order valence-electron chi connectivity index (χ2n) is 3.23. The summed E-state index contributed by atoms with van der Waals surface area (Å²) < 4.78 is 0. The molecule has 0 unspecified atom stereocenters. The highest BCUT2D eigenvalue weighted by Crippen LogP contribution is 2.03. The quantitative estimate of drug-likeness (QED) is 0.711. The molecule has 1 aromatic carbocycles. The zero-order valence-electron chi connectivity index (χ0n) is 8.75. The highest BCUT2D eigenvalue weighted by molar-refractivity contribution is 5.89. The number of unbranched alkanes of at least 4 members (excludes halogenated alkanes) is 2. The number of anilines is 1. The monoisotopic (exact) mass is 204 g/mol. The van der Waals surface area contributed by atoms with Crippen molar-refractivity contribution < 1.29 is 4.79 Å². The van der Waals surface area contributed by atoms with Crippen LogP contribution in [0.2, 0.25) is 0 Å². The predicted octanol–water partition coefficient (Wildman–Crippen LogP) is 2.61. The molecular weight excluding hydrogens is 188 g/mol. The molecule has 1 rings (SSSR count). The lowest BCUT2D eigenvalue weighted by Crippen LogP contribution is -2.29. The van der Waals surface area contributed by atoms with Crippen LogP contribution in [-0.4, -0.2) is 12.6 Å². The molecule has 0 aliphatic carbocycles. The molecular formula is C12H16N2O. The van der Waals surface area contributed by atoms with Gasteiger partial charge in [-0.2, -0.15) is 0 Å². The van der Waals surface area contributed by atoms with E-state index in [1.807, 2.05) is 0 Å². The summed E-state index contributed by atoms with van der Waals surface area (Å²) in [7, 11) is 0. The molecule has 1 aromatic rings. The molecule has 0 saturated carbocycles. The van der Waals surface area contributed by atoms with Crippen molar-refractivity contribution in [2.24, 2.45) is 0 Å². The highest BCUT2D eigenvalue weighted by atomic mass is 16.2. The molecule has 3 heteroatoms. The average Bonchev–Trinajstić information content (AvgIpc) is 2.26. The summed E-state index contributed by atoms with van der Waals surface area (Å²) in [5.41, 5.74) is 0.781. The number of hydrogen-bond acceptors (Lipinski definition) is 1. The van der Waals surface area contributed by atoms with Crippen LogP contribution in [0.15, 0.2) is 24.3 Å². The first-order valence-corrected chi connectivity index (χ1v) is 5.13. The van der Waals surface area contributed by atoms with Crippen molar-refractivity contribution in [2.75, 3.05) is 11.9 Å².